The molecule has 5 heteroatoms. The zero-order valence-electron chi connectivity index (χ0n) is 9.58. The summed E-state index contributed by atoms with van der Waals surface area (Å²) in [6, 6.07) is 15.1. The van der Waals surface area contributed by atoms with Crippen molar-refractivity contribution in [1.29, 1.82) is 0 Å². The normalized spacial score (nSPS) is 11.1. The Morgan fingerprint density at radius 3 is 2.22 bits per heavy atom. The number of rotatable bonds is 4. The molecule has 4 nitrogen and oxygen atoms in total. The van der Waals surface area contributed by atoms with E-state index in [1.165, 1.54) is 12.1 Å². The number of sulfonamides is 1. The molecule has 0 amide bonds. The van der Waals surface area contributed by atoms with Crippen LogP contribution in [0.25, 0.3) is 0 Å². The number of nitrogens with one attached hydrogen (secondary N) is 1. The predicted molar refractivity (Wildman–Crippen MR) is 70.8 cm³/mol. The highest BCUT2D eigenvalue weighted by atomic mass is 32.2. The van der Waals surface area contributed by atoms with Gasteiger partial charge in [-0.15, -0.1) is 0 Å². The van der Waals surface area contributed by atoms with Crippen LogP contribution in [0.3, 0.4) is 0 Å². The lowest BCUT2D eigenvalue weighted by Gasteiger charge is -2.09. The maximum atomic E-state index is 11.9. The molecule has 0 radical (unpaired) electrons. The van der Waals surface area contributed by atoms with E-state index in [-0.39, 0.29) is 17.2 Å². The van der Waals surface area contributed by atoms with E-state index in [1.807, 2.05) is 6.07 Å². The Bertz CT molecular complexity index is 624. The second-order valence-corrected chi connectivity index (χ2v) is 5.59. The summed E-state index contributed by atoms with van der Waals surface area (Å²) in [6.07, 6.45) is 0. The number of hydrogen-bond acceptors (Lipinski definition) is 3. The Morgan fingerprint density at radius 2 is 1.56 bits per heavy atom. The lowest BCUT2D eigenvalue weighted by molar-refractivity contribution is 0.477. The smallest absolute Gasteiger partial charge is 0.237 e. The number of benzene rings is 2. The number of phenols is 1. The van der Waals surface area contributed by atoms with Gasteiger partial charge in [0, 0.05) is 0 Å². The minimum Gasteiger partial charge on any atom is -0.506 e. The third kappa shape index (κ3) is 3.24. The maximum absolute atomic E-state index is 11.9. The lowest BCUT2D eigenvalue weighted by atomic mass is 10.2. The van der Waals surface area contributed by atoms with Gasteiger partial charge in [0.05, 0.1) is 11.4 Å². The van der Waals surface area contributed by atoms with Crippen LogP contribution in [0.5, 0.6) is 5.75 Å². The van der Waals surface area contributed by atoms with E-state index in [4.69, 9.17) is 0 Å². The fourth-order valence-electron chi connectivity index (χ4n) is 1.56. The Labute approximate surface area is 106 Å². The molecule has 0 saturated carbocycles. The number of anilines is 1. The molecule has 0 atom stereocenters. The van der Waals surface area contributed by atoms with Gasteiger partial charge in [0.15, 0.2) is 0 Å². The van der Waals surface area contributed by atoms with E-state index in [0.29, 0.717) is 5.56 Å². The fourth-order valence-corrected chi connectivity index (χ4v) is 2.77. The van der Waals surface area contributed by atoms with Gasteiger partial charge >= 0.3 is 0 Å². The molecule has 2 aromatic carbocycles. The molecule has 0 spiro atoms. The summed E-state index contributed by atoms with van der Waals surface area (Å²) in [5, 5.41) is 9.51. The molecule has 0 bridgehead atoms. The average molecular weight is 263 g/mol. The third-order valence-corrected chi connectivity index (χ3v) is 3.61. The van der Waals surface area contributed by atoms with E-state index < -0.39 is 10.0 Å². The summed E-state index contributed by atoms with van der Waals surface area (Å²) < 4.78 is 26.2. The van der Waals surface area contributed by atoms with Crippen molar-refractivity contribution in [2.75, 3.05) is 4.72 Å². The van der Waals surface area contributed by atoms with Gasteiger partial charge in [-0.3, -0.25) is 4.72 Å². The number of hydrogen-bond donors (Lipinski definition) is 2. The summed E-state index contributed by atoms with van der Waals surface area (Å²) in [7, 11) is -3.52. The van der Waals surface area contributed by atoms with Crippen molar-refractivity contribution in [1.82, 2.24) is 0 Å². The summed E-state index contributed by atoms with van der Waals surface area (Å²) in [5.74, 6) is -0.212. The van der Waals surface area contributed by atoms with Gasteiger partial charge in [0.2, 0.25) is 10.0 Å². The minimum atomic E-state index is -3.52. The molecule has 2 N–H and O–H groups in total. The first-order valence-electron chi connectivity index (χ1n) is 5.39. The van der Waals surface area contributed by atoms with Crippen LogP contribution in [0, 0.1) is 0 Å². The van der Waals surface area contributed by atoms with Crippen LogP contribution in [0.15, 0.2) is 54.6 Å². The highest BCUT2D eigenvalue weighted by molar-refractivity contribution is 7.91. The summed E-state index contributed by atoms with van der Waals surface area (Å²) in [4.78, 5) is 0. The van der Waals surface area contributed by atoms with Crippen LogP contribution < -0.4 is 4.72 Å². The second kappa shape index (κ2) is 5.10. The molecule has 0 unspecified atom stereocenters. The van der Waals surface area contributed by atoms with Crippen molar-refractivity contribution < 1.29 is 13.5 Å². The van der Waals surface area contributed by atoms with Crippen molar-refractivity contribution in [2.45, 2.75) is 5.75 Å². The second-order valence-electron chi connectivity index (χ2n) is 3.86. The van der Waals surface area contributed by atoms with E-state index in [9.17, 15) is 13.5 Å². The standard InChI is InChI=1S/C13H13NO3S/c15-13-9-5-4-8-12(13)14-18(16,17)10-11-6-2-1-3-7-11/h1-9,14-15H,10H2. The number of aromatic hydroxyl groups is 1. The summed E-state index contributed by atoms with van der Waals surface area (Å²) >= 11 is 0. The molecule has 0 fully saturated rings. The molecule has 18 heavy (non-hydrogen) atoms. The van der Waals surface area contributed by atoms with E-state index in [1.54, 1.807) is 36.4 Å². The van der Waals surface area contributed by atoms with E-state index in [2.05, 4.69) is 4.72 Å². The monoisotopic (exact) mass is 263 g/mol. The largest absolute Gasteiger partial charge is 0.506 e. The van der Waals surface area contributed by atoms with Crippen LogP contribution >= 0.6 is 0 Å². The molecule has 0 aliphatic rings. The van der Waals surface area contributed by atoms with Crippen molar-refractivity contribution in [3.8, 4) is 5.75 Å². The SMILES string of the molecule is O=S(=O)(Cc1ccccc1)Nc1ccccc1O. The molecule has 0 saturated heterocycles. The molecule has 0 aromatic heterocycles. The van der Waals surface area contributed by atoms with Crippen LogP contribution in [0.1, 0.15) is 5.56 Å². The first kappa shape index (κ1) is 12.4. The van der Waals surface area contributed by atoms with Gasteiger partial charge < -0.3 is 5.11 Å². The Morgan fingerprint density at radius 1 is 0.944 bits per heavy atom. The van der Waals surface area contributed by atoms with Gasteiger partial charge in [-0.05, 0) is 17.7 Å². The van der Waals surface area contributed by atoms with Crippen LogP contribution in [0.2, 0.25) is 0 Å². The average Bonchev–Trinajstić information content (AvgIpc) is 2.32. The molecule has 2 aromatic rings. The van der Waals surface area contributed by atoms with Crippen molar-refractivity contribution in [3.63, 3.8) is 0 Å². The summed E-state index contributed by atoms with van der Waals surface area (Å²) in [6.45, 7) is 0. The molecule has 0 aliphatic carbocycles. The highest BCUT2D eigenvalue weighted by Crippen LogP contribution is 2.23. The zero-order chi connectivity index (χ0) is 13.0. The van der Waals surface area contributed by atoms with E-state index in [0.717, 1.165) is 0 Å². The minimum absolute atomic E-state index is 0.0888. The topological polar surface area (TPSA) is 66.4 Å². The van der Waals surface area contributed by atoms with Crippen LogP contribution in [-0.2, 0) is 15.8 Å². The molecule has 0 aliphatic heterocycles. The Hall–Kier alpha value is -2.01. The number of phenolic OH excluding ortho intramolecular Hbond substituents is 1. The molecule has 0 heterocycles. The van der Waals surface area contributed by atoms with Gasteiger partial charge in [-0.1, -0.05) is 42.5 Å². The Balaban J connectivity index is 2.16. The first-order valence-corrected chi connectivity index (χ1v) is 7.04. The van der Waals surface area contributed by atoms with Crippen molar-refractivity contribution >= 4 is 15.7 Å². The van der Waals surface area contributed by atoms with E-state index >= 15 is 0 Å². The molecular weight excluding hydrogens is 250 g/mol. The predicted octanol–water partition coefficient (Wildman–Crippen LogP) is 2.33. The van der Waals surface area contributed by atoms with Crippen LogP contribution in [0.4, 0.5) is 5.69 Å². The molecular formula is C13H13NO3S. The van der Waals surface area contributed by atoms with Crippen LogP contribution in [-0.4, -0.2) is 13.5 Å². The zero-order valence-corrected chi connectivity index (χ0v) is 10.4. The highest BCUT2D eigenvalue weighted by Gasteiger charge is 2.13. The Kier molecular flexibility index (Phi) is 3.53. The van der Waals surface area contributed by atoms with Gasteiger partial charge in [-0.2, -0.15) is 0 Å². The third-order valence-electron chi connectivity index (χ3n) is 2.37. The molecule has 2 rings (SSSR count). The van der Waals surface area contributed by atoms with Gasteiger partial charge in [0.1, 0.15) is 5.75 Å². The lowest BCUT2D eigenvalue weighted by Crippen LogP contribution is -2.15. The quantitative estimate of drug-likeness (QED) is 0.832. The first-order chi connectivity index (χ1) is 8.57. The van der Waals surface area contributed by atoms with Crippen molar-refractivity contribution in [2.24, 2.45) is 0 Å². The maximum Gasteiger partial charge on any atom is 0.237 e. The summed E-state index contributed by atoms with van der Waals surface area (Å²) in [5.41, 5.74) is 0.883. The van der Waals surface area contributed by atoms with Gasteiger partial charge in [-0.25, -0.2) is 8.42 Å². The number of para-hydroxylation sites is 2. The fraction of sp³-hybridized carbons (Fsp3) is 0.0769. The van der Waals surface area contributed by atoms with Crippen molar-refractivity contribution in [3.05, 3.63) is 60.2 Å². The van der Waals surface area contributed by atoms with Gasteiger partial charge in [0.25, 0.3) is 0 Å². The molecule has 94 valence electrons.